The molecule has 8 heteroatoms. The van der Waals surface area contributed by atoms with Gasteiger partial charge in [0.25, 0.3) is 0 Å². The fourth-order valence-corrected chi connectivity index (χ4v) is 0.706. The molecule has 0 spiro atoms. The van der Waals surface area contributed by atoms with Crippen LogP contribution in [0.25, 0.3) is 0 Å². The zero-order valence-electron chi connectivity index (χ0n) is 7.73. The van der Waals surface area contributed by atoms with E-state index in [4.69, 9.17) is 9.90 Å². The molecule has 1 aliphatic rings. The molecule has 0 aromatic heterocycles. The minimum Gasteiger partial charge on any atom is -0.475 e. The van der Waals surface area contributed by atoms with Crippen molar-refractivity contribution in [2.45, 2.75) is 12.6 Å². The van der Waals surface area contributed by atoms with E-state index in [9.17, 15) is 18.0 Å². The minimum absolute atomic E-state index is 0.162. The summed E-state index contributed by atoms with van der Waals surface area (Å²) in [5, 5.41) is 13.0. The summed E-state index contributed by atoms with van der Waals surface area (Å²) in [6.45, 7) is 2.51. The number of alkyl halides is 3. The first-order valence-electron chi connectivity index (χ1n) is 4.11. The van der Waals surface area contributed by atoms with Gasteiger partial charge in [-0.2, -0.15) is 13.2 Å². The minimum atomic E-state index is -5.08. The molecule has 0 saturated carbocycles. The summed E-state index contributed by atoms with van der Waals surface area (Å²) < 4.78 is 31.7. The highest BCUT2D eigenvalue weighted by molar-refractivity contribution is 5.76. The topological polar surface area (TPSA) is 78.4 Å². The zero-order chi connectivity index (χ0) is 11.9. The van der Waals surface area contributed by atoms with Gasteiger partial charge in [0, 0.05) is 26.1 Å². The van der Waals surface area contributed by atoms with Crippen LogP contribution < -0.4 is 10.6 Å². The molecule has 88 valence electrons. The molecule has 1 aliphatic heterocycles. The lowest BCUT2D eigenvalue weighted by atomic mass is 10.4. The number of hydrogen-bond donors (Lipinski definition) is 3. The highest BCUT2D eigenvalue weighted by Crippen LogP contribution is 2.13. The second kappa shape index (κ2) is 6.23. The van der Waals surface area contributed by atoms with Crippen molar-refractivity contribution in [2.24, 2.45) is 0 Å². The molecular weight excluding hydrogens is 217 g/mol. The van der Waals surface area contributed by atoms with Crippen molar-refractivity contribution in [1.29, 1.82) is 0 Å². The Morgan fingerprint density at radius 1 is 1.27 bits per heavy atom. The van der Waals surface area contributed by atoms with Crippen molar-refractivity contribution in [3.8, 4) is 0 Å². The molecule has 0 aromatic carbocycles. The molecule has 0 bridgehead atoms. The number of rotatable bonds is 0. The number of amides is 1. The molecule has 0 unspecified atom stereocenters. The van der Waals surface area contributed by atoms with E-state index in [1.807, 2.05) is 0 Å². The van der Waals surface area contributed by atoms with Gasteiger partial charge < -0.3 is 15.7 Å². The number of carboxylic acids is 1. The number of hydrogen-bond acceptors (Lipinski definition) is 3. The SMILES string of the molecule is O=C(O)C(F)(F)F.O=C1CCNCCN1. The fourth-order valence-electron chi connectivity index (χ4n) is 0.706. The van der Waals surface area contributed by atoms with E-state index in [1.54, 1.807) is 0 Å². The van der Waals surface area contributed by atoms with Crippen molar-refractivity contribution < 1.29 is 27.9 Å². The van der Waals surface area contributed by atoms with Gasteiger partial charge in [-0.15, -0.1) is 0 Å². The second-order valence-corrected chi connectivity index (χ2v) is 2.65. The van der Waals surface area contributed by atoms with Crippen LogP contribution in [0.1, 0.15) is 6.42 Å². The van der Waals surface area contributed by atoms with E-state index in [-0.39, 0.29) is 5.91 Å². The molecule has 1 amide bonds. The van der Waals surface area contributed by atoms with Crippen LogP contribution in [0.2, 0.25) is 0 Å². The van der Waals surface area contributed by atoms with E-state index < -0.39 is 12.1 Å². The first-order chi connectivity index (χ1) is 6.84. The molecule has 1 saturated heterocycles. The quantitative estimate of drug-likeness (QED) is 0.533. The van der Waals surface area contributed by atoms with E-state index in [2.05, 4.69) is 10.6 Å². The molecule has 0 aliphatic carbocycles. The van der Waals surface area contributed by atoms with Gasteiger partial charge in [0.05, 0.1) is 0 Å². The van der Waals surface area contributed by atoms with Crippen LogP contribution in [0.4, 0.5) is 13.2 Å². The van der Waals surface area contributed by atoms with Crippen molar-refractivity contribution in [1.82, 2.24) is 10.6 Å². The first-order valence-corrected chi connectivity index (χ1v) is 4.11. The van der Waals surface area contributed by atoms with Crippen LogP contribution in [0.5, 0.6) is 0 Å². The first kappa shape index (κ1) is 13.7. The largest absolute Gasteiger partial charge is 0.490 e. The zero-order valence-corrected chi connectivity index (χ0v) is 7.73. The standard InChI is InChI=1S/C5H10N2O.C2HF3O2/c8-5-1-2-6-3-4-7-5;3-2(4,5)1(6)7/h6H,1-4H2,(H,7,8);(H,6,7). The van der Waals surface area contributed by atoms with Gasteiger partial charge in [0.2, 0.25) is 5.91 Å². The van der Waals surface area contributed by atoms with Gasteiger partial charge in [0.15, 0.2) is 0 Å². The van der Waals surface area contributed by atoms with Gasteiger partial charge in [0.1, 0.15) is 0 Å². The molecule has 0 radical (unpaired) electrons. The number of halogens is 3. The van der Waals surface area contributed by atoms with Crippen LogP contribution in [0.15, 0.2) is 0 Å². The van der Waals surface area contributed by atoms with Gasteiger partial charge in [-0.25, -0.2) is 4.79 Å². The maximum Gasteiger partial charge on any atom is 0.490 e. The van der Waals surface area contributed by atoms with Gasteiger partial charge >= 0.3 is 12.1 Å². The summed E-state index contributed by atoms with van der Waals surface area (Å²) in [5.41, 5.74) is 0. The predicted molar refractivity (Wildman–Crippen MR) is 44.2 cm³/mol. The third kappa shape index (κ3) is 7.74. The Morgan fingerprint density at radius 2 is 1.80 bits per heavy atom. The summed E-state index contributed by atoms with van der Waals surface area (Å²) in [6, 6.07) is 0. The number of nitrogens with one attached hydrogen (secondary N) is 2. The molecule has 1 rings (SSSR count). The van der Waals surface area contributed by atoms with Crippen LogP contribution in [0.3, 0.4) is 0 Å². The van der Waals surface area contributed by atoms with Crippen molar-refractivity contribution in [2.75, 3.05) is 19.6 Å². The lowest BCUT2D eigenvalue weighted by molar-refractivity contribution is -0.192. The summed E-state index contributed by atoms with van der Waals surface area (Å²) >= 11 is 0. The van der Waals surface area contributed by atoms with Crippen LogP contribution in [0, 0.1) is 0 Å². The van der Waals surface area contributed by atoms with Gasteiger partial charge in [-0.3, -0.25) is 4.79 Å². The fraction of sp³-hybridized carbons (Fsp3) is 0.714. The van der Waals surface area contributed by atoms with Crippen molar-refractivity contribution in [3.63, 3.8) is 0 Å². The number of carbonyl (C=O) groups excluding carboxylic acids is 1. The molecule has 1 heterocycles. The highest BCUT2D eigenvalue weighted by Gasteiger charge is 2.38. The van der Waals surface area contributed by atoms with E-state index in [0.29, 0.717) is 6.42 Å². The molecule has 0 aromatic rings. The molecular formula is C7H11F3N2O3. The average Bonchev–Trinajstić information content (AvgIpc) is 2.32. The molecule has 0 atom stereocenters. The lowest BCUT2D eigenvalue weighted by Crippen LogP contribution is -2.24. The number of carboxylic acid groups (broad SMARTS) is 1. The Morgan fingerprint density at radius 3 is 2.27 bits per heavy atom. The lowest BCUT2D eigenvalue weighted by Gasteiger charge is -1.93. The summed E-state index contributed by atoms with van der Waals surface area (Å²) in [4.78, 5) is 19.4. The Labute approximate surface area is 83.6 Å². The summed E-state index contributed by atoms with van der Waals surface area (Å²) in [5.74, 6) is -2.59. The summed E-state index contributed by atoms with van der Waals surface area (Å²) in [6.07, 6.45) is -4.46. The van der Waals surface area contributed by atoms with Crippen LogP contribution >= 0.6 is 0 Å². The van der Waals surface area contributed by atoms with Gasteiger partial charge in [-0.1, -0.05) is 0 Å². The summed E-state index contributed by atoms with van der Waals surface area (Å²) in [7, 11) is 0. The number of carbonyl (C=O) groups is 2. The maximum absolute atomic E-state index is 10.6. The van der Waals surface area contributed by atoms with E-state index in [0.717, 1.165) is 19.6 Å². The molecule has 1 fully saturated rings. The smallest absolute Gasteiger partial charge is 0.475 e. The highest BCUT2D eigenvalue weighted by atomic mass is 19.4. The number of aliphatic carboxylic acids is 1. The van der Waals surface area contributed by atoms with Crippen molar-refractivity contribution >= 4 is 11.9 Å². The van der Waals surface area contributed by atoms with E-state index in [1.165, 1.54) is 0 Å². The molecule has 15 heavy (non-hydrogen) atoms. The maximum atomic E-state index is 10.6. The second-order valence-electron chi connectivity index (χ2n) is 2.65. The van der Waals surface area contributed by atoms with Crippen LogP contribution in [-0.2, 0) is 9.59 Å². The molecule has 3 N–H and O–H groups in total. The average molecular weight is 228 g/mol. The normalized spacial score (nSPS) is 16.9. The Kier molecular flexibility index (Phi) is 5.68. The Bertz CT molecular complexity index is 220. The van der Waals surface area contributed by atoms with Crippen LogP contribution in [-0.4, -0.2) is 42.8 Å². The Balaban J connectivity index is 0.000000265. The van der Waals surface area contributed by atoms with Crippen molar-refractivity contribution in [3.05, 3.63) is 0 Å². The molecule has 5 nitrogen and oxygen atoms in total. The third-order valence-corrected chi connectivity index (χ3v) is 1.40. The van der Waals surface area contributed by atoms with E-state index >= 15 is 0 Å². The van der Waals surface area contributed by atoms with Gasteiger partial charge in [-0.05, 0) is 0 Å². The Hall–Kier alpha value is -1.31. The monoisotopic (exact) mass is 228 g/mol. The third-order valence-electron chi connectivity index (χ3n) is 1.40. The predicted octanol–water partition coefficient (Wildman–Crippen LogP) is -0.271.